The summed E-state index contributed by atoms with van der Waals surface area (Å²) in [6.45, 7) is -0.0681. The minimum atomic E-state index is -3.94. The van der Waals surface area contributed by atoms with Crippen molar-refractivity contribution in [3.8, 4) is 5.69 Å². The number of para-hydroxylation sites is 1. The monoisotopic (exact) mass is 415 g/mol. The Morgan fingerprint density at radius 2 is 1.83 bits per heavy atom. The van der Waals surface area contributed by atoms with Gasteiger partial charge in [0.1, 0.15) is 0 Å². The first-order chi connectivity index (χ1) is 13.9. The average molecular weight is 415 g/mol. The lowest BCUT2D eigenvalue weighted by Gasteiger charge is -2.07. The molecule has 150 valence electrons. The van der Waals surface area contributed by atoms with Crippen molar-refractivity contribution in [1.82, 2.24) is 19.8 Å². The predicted molar refractivity (Wildman–Crippen MR) is 104 cm³/mol. The van der Waals surface area contributed by atoms with Crippen LogP contribution in [0.1, 0.15) is 10.5 Å². The second-order valence-electron chi connectivity index (χ2n) is 5.89. The summed E-state index contributed by atoms with van der Waals surface area (Å²) >= 11 is 0. The Morgan fingerprint density at radius 1 is 1.07 bits per heavy atom. The van der Waals surface area contributed by atoms with Gasteiger partial charge in [-0.2, -0.15) is 5.10 Å². The van der Waals surface area contributed by atoms with Crippen molar-refractivity contribution in [3.63, 3.8) is 0 Å². The molecule has 3 aromatic rings. The SMILES string of the molecule is O=C(NCCNS(=O)(=O)c1cccc([N+](=O)[O-])c1)c1ccn(-c2ccccc2)n1. The van der Waals surface area contributed by atoms with Crippen LogP contribution in [0, 0.1) is 10.1 Å². The number of rotatable bonds is 8. The van der Waals surface area contributed by atoms with E-state index in [0.717, 1.165) is 11.8 Å². The molecule has 0 saturated heterocycles. The van der Waals surface area contributed by atoms with Crippen LogP contribution in [0.4, 0.5) is 5.69 Å². The summed E-state index contributed by atoms with van der Waals surface area (Å²) < 4.78 is 28.3. The highest BCUT2D eigenvalue weighted by Crippen LogP contribution is 2.16. The van der Waals surface area contributed by atoms with Gasteiger partial charge in [0, 0.05) is 31.4 Å². The van der Waals surface area contributed by atoms with Crippen LogP contribution in [0.2, 0.25) is 0 Å². The molecule has 0 aliphatic carbocycles. The average Bonchev–Trinajstić information content (AvgIpc) is 3.22. The summed E-state index contributed by atoms with van der Waals surface area (Å²) in [5.74, 6) is -0.450. The quantitative estimate of drug-likeness (QED) is 0.325. The Morgan fingerprint density at radius 3 is 2.55 bits per heavy atom. The first kappa shape index (κ1) is 20.2. The number of non-ortho nitro benzene ring substituents is 1. The molecular formula is C18H17N5O5S. The van der Waals surface area contributed by atoms with Gasteiger partial charge in [-0.3, -0.25) is 14.9 Å². The smallest absolute Gasteiger partial charge is 0.271 e. The Bertz CT molecular complexity index is 1130. The number of nitrogens with one attached hydrogen (secondary N) is 2. The molecule has 3 rings (SSSR count). The molecule has 1 heterocycles. The van der Waals surface area contributed by atoms with E-state index in [1.54, 1.807) is 16.9 Å². The summed E-state index contributed by atoms with van der Waals surface area (Å²) in [5, 5.41) is 17.5. The van der Waals surface area contributed by atoms with Crippen LogP contribution >= 0.6 is 0 Å². The van der Waals surface area contributed by atoms with Crippen LogP contribution < -0.4 is 10.0 Å². The number of hydrogen-bond donors (Lipinski definition) is 2. The Balaban J connectivity index is 1.54. The van der Waals surface area contributed by atoms with Crippen molar-refractivity contribution in [2.75, 3.05) is 13.1 Å². The minimum absolute atomic E-state index is 0.0190. The van der Waals surface area contributed by atoms with Crippen molar-refractivity contribution in [2.24, 2.45) is 0 Å². The molecule has 0 aliphatic heterocycles. The molecule has 0 spiro atoms. The number of hydrogen-bond acceptors (Lipinski definition) is 6. The van der Waals surface area contributed by atoms with Crippen molar-refractivity contribution >= 4 is 21.6 Å². The maximum atomic E-state index is 12.2. The lowest BCUT2D eigenvalue weighted by atomic mass is 10.3. The summed E-state index contributed by atoms with van der Waals surface area (Å²) in [6, 6.07) is 15.5. The van der Waals surface area contributed by atoms with E-state index in [9.17, 15) is 23.3 Å². The van der Waals surface area contributed by atoms with Crippen LogP contribution in [0.25, 0.3) is 5.69 Å². The van der Waals surface area contributed by atoms with Crippen molar-refractivity contribution < 1.29 is 18.1 Å². The molecule has 2 aromatic carbocycles. The van der Waals surface area contributed by atoms with Crippen molar-refractivity contribution in [2.45, 2.75) is 4.90 Å². The van der Waals surface area contributed by atoms with Crippen LogP contribution in [-0.2, 0) is 10.0 Å². The number of aromatic nitrogens is 2. The fourth-order valence-corrected chi connectivity index (χ4v) is 3.54. The molecule has 29 heavy (non-hydrogen) atoms. The maximum Gasteiger partial charge on any atom is 0.271 e. The molecule has 0 fully saturated rings. The highest BCUT2D eigenvalue weighted by atomic mass is 32.2. The molecule has 0 unspecified atom stereocenters. The molecule has 1 aromatic heterocycles. The molecule has 11 heteroatoms. The van der Waals surface area contributed by atoms with E-state index < -0.39 is 20.9 Å². The number of sulfonamides is 1. The van der Waals surface area contributed by atoms with Crippen molar-refractivity contribution in [1.29, 1.82) is 0 Å². The zero-order valence-corrected chi connectivity index (χ0v) is 15.9. The Hall–Kier alpha value is -3.57. The van der Waals surface area contributed by atoms with Gasteiger partial charge < -0.3 is 5.32 Å². The van der Waals surface area contributed by atoms with Gasteiger partial charge in [-0.1, -0.05) is 24.3 Å². The van der Waals surface area contributed by atoms with E-state index in [-0.39, 0.29) is 29.4 Å². The van der Waals surface area contributed by atoms with E-state index in [1.807, 2.05) is 30.3 Å². The summed E-state index contributed by atoms with van der Waals surface area (Å²) in [4.78, 5) is 22.0. The van der Waals surface area contributed by atoms with Gasteiger partial charge in [0.15, 0.2) is 5.69 Å². The second kappa shape index (κ2) is 8.63. The number of nitrogens with zero attached hydrogens (tertiary/aromatic N) is 3. The number of benzene rings is 2. The Labute approximate surface area is 166 Å². The Kier molecular flexibility index (Phi) is 6.00. The summed E-state index contributed by atoms with van der Waals surface area (Å²) in [6.07, 6.45) is 1.65. The zero-order valence-electron chi connectivity index (χ0n) is 15.1. The molecule has 2 N–H and O–H groups in total. The van der Waals surface area contributed by atoms with Crippen LogP contribution in [0.3, 0.4) is 0 Å². The summed E-state index contributed by atoms with van der Waals surface area (Å²) in [7, 11) is -3.94. The van der Waals surface area contributed by atoms with Gasteiger partial charge in [-0.05, 0) is 24.3 Å². The molecule has 0 atom stereocenters. The fourth-order valence-electron chi connectivity index (χ4n) is 2.47. The number of nitro groups is 1. The fraction of sp³-hybridized carbons (Fsp3) is 0.111. The lowest BCUT2D eigenvalue weighted by Crippen LogP contribution is -2.34. The largest absolute Gasteiger partial charge is 0.349 e. The minimum Gasteiger partial charge on any atom is -0.349 e. The van der Waals surface area contributed by atoms with Crippen molar-refractivity contribution in [3.05, 3.63) is 82.7 Å². The molecule has 10 nitrogen and oxygen atoms in total. The van der Waals surface area contributed by atoms with E-state index >= 15 is 0 Å². The van der Waals surface area contributed by atoms with Gasteiger partial charge in [0.25, 0.3) is 11.6 Å². The number of carbonyl (C=O) groups excluding carboxylic acids is 1. The molecule has 0 radical (unpaired) electrons. The third-order valence-electron chi connectivity index (χ3n) is 3.88. The van der Waals surface area contributed by atoms with E-state index in [2.05, 4.69) is 15.1 Å². The number of carbonyl (C=O) groups is 1. The first-order valence-electron chi connectivity index (χ1n) is 8.50. The van der Waals surface area contributed by atoms with Crippen LogP contribution in [0.15, 0.2) is 71.8 Å². The van der Waals surface area contributed by atoms with Crippen LogP contribution in [-0.4, -0.2) is 42.1 Å². The van der Waals surface area contributed by atoms with Gasteiger partial charge in [-0.25, -0.2) is 17.8 Å². The first-order valence-corrected chi connectivity index (χ1v) is 9.98. The molecule has 1 amide bonds. The predicted octanol–water partition coefficient (Wildman–Crippen LogP) is 1.49. The standard InChI is InChI=1S/C18H17N5O5S/c24-18(17-9-12-22(21-17)14-5-2-1-3-6-14)19-10-11-20-29(27,28)16-8-4-7-15(13-16)23(25)26/h1-9,12-13,20H,10-11H2,(H,19,24). The number of nitro benzene ring substituents is 1. The van der Waals surface area contributed by atoms with E-state index in [0.29, 0.717) is 0 Å². The highest BCUT2D eigenvalue weighted by Gasteiger charge is 2.17. The number of amides is 1. The highest BCUT2D eigenvalue weighted by molar-refractivity contribution is 7.89. The lowest BCUT2D eigenvalue weighted by molar-refractivity contribution is -0.385. The normalized spacial score (nSPS) is 11.2. The third kappa shape index (κ3) is 5.03. The van der Waals surface area contributed by atoms with Gasteiger partial charge in [0.05, 0.1) is 15.5 Å². The maximum absolute atomic E-state index is 12.2. The van der Waals surface area contributed by atoms with E-state index in [1.165, 1.54) is 18.2 Å². The molecule has 0 bridgehead atoms. The molecular weight excluding hydrogens is 398 g/mol. The van der Waals surface area contributed by atoms with Crippen LogP contribution in [0.5, 0.6) is 0 Å². The second-order valence-corrected chi connectivity index (χ2v) is 7.66. The van der Waals surface area contributed by atoms with Gasteiger partial charge in [-0.15, -0.1) is 0 Å². The molecule has 0 saturated carbocycles. The van der Waals surface area contributed by atoms with Gasteiger partial charge >= 0.3 is 0 Å². The van der Waals surface area contributed by atoms with E-state index in [4.69, 9.17) is 0 Å². The molecule has 0 aliphatic rings. The van der Waals surface area contributed by atoms with Gasteiger partial charge in [0.2, 0.25) is 10.0 Å². The summed E-state index contributed by atoms with van der Waals surface area (Å²) in [5.41, 5.74) is 0.668. The third-order valence-corrected chi connectivity index (χ3v) is 5.34. The topological polar surface area (TPSA) is 136 Å². The zero-order chi connectivity index (χ0) is 20.9.